The van der Waals surface area contributed by atoms with Crippen LogP contribution in [0.25, 0.3) is 0 Å². The van der Waals surface area contributed by atoms with Crippen molar-refractivity contribution in [2.75, 3.05) is 56.0 Å². The predicted molar refractivity (Wildman–Crippen MR) is 169 cm³/mol. The topological polar surface area (TPSA) is 208 Å². The first-order valence-electron chi connectivity index (χ1n) is 15.0. The lowest BCUT2D eigenvalue weighted by Gasteiger charge is -2.05. The highest BCUT2D eigenvalue weighted by Gasteiger charge is 2.05. The summed E-state index contributed by atoms with van der Waals surface area (Å²) in [5.41, 5.74) is 0. The van der Waals surface area contributed by atoms with Gasteiger partial charge >= 0.3 is 23.9 Å². The van der Waals surface area contributed by atoms with Gasteiger partial charge in [-0.1, -0.05) is 64.7 Å². The molecule has 0 bridgehead atoms. The van der Waals surface area contributed by atoms with Gasteiger partial charge < -0.3 is 40.1 Å². The number of carbonyl (C=O) groups is 4. The van der Waals surface area contributed by atoms with Crippen molar-refractivity contribution in [1.29, 1.82) is 0 Å². The number of ether oxygens (including phenoxy) is 2. The van der Waals surface area contributed by atoms with Gasteiger partial charge in [-0.3, -0.25) is 19.2 Å². The van der Waals surface area contributed by atoms with Crippen LogP contribution in [0.15, 0.2) is 0 Å². The van der Waals surface area contributed by atoms with E-state index in [1.165, 1.54) is 74.9 Å². The zero-order chi connectivity index (χ0) is 33.0. The smallest absolute Gasteiger partial charge is 0.306 e. The van der Waals surface area contributed by atoms with Gasteiger partial charge in [0.2, 0.25) is 0 Å². The van der Waals surface area contributed by atoms with E-state index in [4.69, 9.17) is 40.1 Å². The molecule has 0 amide bonds. The zero-order valence-electron chi connectivity index (χ0n) is 25.8. The van der Waals surface area contributed by atoms with E-state index in [-0.39, 0.29) is 51.2 Å². The van der Waals surface area contributed by atoms with Crippen LogP contribution in [-0.2, 0) is 28.7 Å². The fourth-order valence-corrected chi connectivity index (χ4v) is 4.64. The Morgan fingerprint density at radius 1 is 0.581 bits per heavy atom. The number of aliphatic hydroxyl groups is 4. The van der Waals surface area contributed by atoms with Crippen molar-refractivity contribution in [3.8, 4) is 0 Å². The summed E-state index contributed by atoms with van der Waals surface area (Å²) in [6, 6.07) is 0. The van der Waals surface area contributed by atoms with Gasteiger partial charge in [-0.2, -0.15) is 23.5 Å². The molecule has 0 aliphatic heterocycles. The molecule has 0 atom stereocenters. The molecule has 12 nitrogen and oxygen atoms in total. The van der Waals surface area contributed by atoms with Crippen molar-refractivity contribution in [1.82, 2.24) is 0 Å². The minimum absolute atomic E-state index is 0.0504. The van der Waals surface area contributed by atoms with E-state index < -0.39 is 18.0 Å². The number of unbranched alkanes of at least 4 members (excludes halogenated alkanes) is 9. The number of aliphatic hydroxyl groups excluding tert-OH is 4. The van der Waals surface area contributed by atoms with Crippen LogP contribution in [-0.4, -0.2) is 117 Å². The van der Waals surface area contributed by atoms with Crippen molar-refractivity contribution in [3.63, 3.8) is 0 Å². The van der Waals surface area contributed by atoms with Crippen LogP contribution < -0.4 is 0 Å². The second kappa shape index (κ2) is 38.4. The number of aliphatic carboxylic acids is 2. The SMILES string of the molecule is CCCCCCCCCCCCOC(=O)CCSCCC(=O)OCCO.O=C(O)CCSCCC(=O)O.OCC(O)CO. The third-order valence-electron chi connectivity index (χ3n) is 5.36. The summed E-state index contributed by atoms with van der Waals surface area (Å²) in [6.07, 6.45) is 12.6. The van der Waals surface area contributed by atoms with Crippen LogP contribution in [0.1, 0.15) is 96.8 Å². The van der Waals surface area contributed by atoms with Crippen LogP contribution in [0.4, 0.5) is 0 Å². The number of rotatable bonds is 27. The van der Waals surface area contributed by atoms with Crippen LogP contribution in [0, 0.1) is 0 Å². The molecule has 0 unspecified atom stereocenters. The Labute approximate surface area is 265 Å². The van der Waals surface area contributed by atoms with Crippen molar-refractivity contribution < 1.29 is 59.3 Å². The van der Waals surface area contributed by atoms with Crippen LogP contribution in [0.2, 0.25) is 0 Å². The fourth-order valence-electron chi connectivity index (χ4n) is 2.97. The molecule has 0 saturated heterocycles. The lowest BCUT2D eigenvalue weighted by molar-refractivity contribution is -0.144. The number of carboxylic acids is 2. The third kappa shape index (κ3) is 47.6. The quantitative estimate of drug-likeness (QED) is 0.0551. The first-order valence-corrected chi connectivity index (χ1v) is 17.4. The molecule has 0 heterocycles. The number of hydrogen-bond donors (Lipinski definition) is 6. The molecule has 0 aliphatic carbocycles. The summed E-state index contributed by atoms with van der Waals surface area (Å²) in [5, 5.41) is 48.9. The first kappa shape index (κ1) is 45.8. The van der Waals surface area contributed by atoms with Gasteiger partial charge in [0.1, 0.15) is 12.7 Å². The van der Waals surface area contributed by atoms with E-state index in [9.17, 15) is 19.2 Å². The molecule has 0 aromatic heterocycles. The zero-order valence-corrected chi connectivity index (χ0v) is 27.4. The Kier molecular flexibility index (Phi) is 41.0. The highest BCUT2D eigenvalue weighted by Crippen LogP contribution is 2.11. The molecule has 0 fully saturated rings. The van der Waals surface area contributed by atoms with E-state index in [0.29, 0.717) is 42.5 Å². The maximum Gasteiger partial charge on any atom is 0.306 e. The Bertz CT molecular complexity index is 633. The van der Waals surface area contributed by atoms with Gasteiger partial charge in [0.15, 0.2) is 0 Å². The van der Waals surface area contributed by atoms with Crippen molar-refractivity contribution in [2.45, 2.75) is 103 Å². The summed E-state index contributed by atoms with van der Waals surface area (Å²) in [4.78, 5) is 42.7. The molecule has 0 saturated carbocycles. The second-order valence-electron chi connectivity index (χ2n) is 9.38. The van der Waals surface area contributed by atoms with E-state index in [1.807, 2.05) is 0 Å². The van der Waals surface area contributed by atoms with Gasteiger partial charge in [-0.25, -0.2) is 0 Å². The van der Waals surface area contributed by atoms with Gasteiger partial charge in [0.05, 0.1) is 52.1 Å². The molecule has 0 aromatic carbocycles. The number of carboxylic acid groups (broad SMARTS) is 2. The standard InChI is InChI=1S/C20H38O5S.C6H10O4S.C3H8O3/c1-2-3-4-5-6-7-8-9-10-11-15-24-19(22)12-17-26-18-13-20(23)25-16-14-21;7-5(8)1-3-11-4-2-6(9)10;4-1-3(6)2-5/h21H,2-18H2,1H3;1-4H2,(H,7,8)(H,9,10);3-6H,1-2H2. The van der Waals surface area contributed by atoms with E-state index in [2.05, 4.69) is 6.92 Å². The molecule has 0 spiro atoms. The van der Waals surface area contributed by atoms with Gasteiger partial charge in [0, 0.05) is 23.0 Å². The van der Waals surface area contributed by atoms with E-state index >= 15 is 0 Å². The fraction of sp³-hybridized carbons (Fsp3) is 0.862. The van der Waals surface area contributed by atoms with Gasteiger partial charge in [-0.15, -0.1) is 0 Å². The summed E-state index contributed by atoms with van der Waals surface area (Å²) < 4.78 is 9.97. The lowest BCUT2D eigenvalue weighted by Crippen LogP contribution is -2.15. The summed E-state index contributed by atoms with van der Waals surface area (Å²) in [5.74, 6) is 0.109. The molecular formula is C29H56O12S2. The maximum atomic E-state index is 11.6. The monoisotopic (exact) mass is 660 g/mol. The summed E-state index contributed by atoms with van der Waals surface area (Å²) >= 11 is 2.89. The number of hydrogen-bond acceptors (Lipinski definition) is 12. The van der Waals surface area contributed by atoms with Crippen LogP contribution in [0.5, 0.6) is 0 Å². The predicted octanol–water partition coefficient (Wildman–Crippen LogP) is 3.50. The minimum atomic E-state index is -0.954. The largest absolute Gasteiger partial charge is 0.481 e. The normalized spacial score (nSPS) is 10.3. The Morgan fingerprint density at radius 3 is 1.30 bits per heavy atom. The molecule has 256 valence electrons. The van der Waals surface area contributed by atoms with E-state index in [0.717, 1.165) is 12.8 Å². The van der Waals surface area contributed by atoms with Crippen molar-refractivity contribution in [2.24, 2.45) is 0 Å². The number of esters is 2. The highest BCUT2D eigenvalue weighted by atomic mass is 32.2. The summed E-state index contributed by atoms with van der Waals surface area (Å²) in [6.45, 7) is 1.94. The molecule has 6 N–H and O–H groups in total. The highest BCUT2D eigenvalue weighted by molar-refractivity contribution is 7.99. The van der Waals surface area contributed by atoms with Crippen molar-refractivity contribution in [3.05, 3.63) is 0 Å². The Balaban J connectivity index is -0.000000767. The maximum absolute atomic E-state index is 11.6. The summed E-state index contributed by atoms with van der Waals surface area (Å²) in [7, 11) is 0. The average molecular weight is 661 g/mol. The molecule has 0 rings (SSSR count). The molecule has 14 heteroatoms. The lowest BCUT2D eigenvalue weighted by atomic mass is 10.1. The molecule has 0 aliphatic rings. The van der Waals surface area contributed by atoms with Crippen LogP contribution in [0.3, 0.4) is 0 Å². The van der Waals surface area contributed by atoms with E-state index in [1.54, 1.807) is 0 Å². The minimum Gasteiger partial charge on any atom is -0.481 e. The van der Waals surface area contributed by atoms with Crippen molar-refractivity contribution >= 4 is 47.4 Å². The number of carbonyl (C=O) groups excluding carboxylic acids is 2. The Hall–Kier alpha value is -1.58. The first-order chi connectivity index (χ1) is 20.6. The number of thioether (sulfide) groups is 2. The average Bonchev–Trinajstić information content (AvgIpc) is 2.98. The Morgan fingerprint density at radius 2 is 0.953 bits per heavy atom. The molecule has 43 heavy (non-hydrogen) atoms. The molecular weight excluding hydrogens is 604 g/mol. The molecule has 0 aromatic rings. The van der Waals surface area contributed by atoms with Gasteiger partial charge in [0.25, 0.3) is 0 Å². The second-order valence-corrected chi connectivity index (χ2v) is 11.8. The van der Waals surface area contributed by atoms with Crippen LogP contribution >= 0.6 is 23.5 Å². The third-order valence-corrected chi connectivity index (χ3v) is 7.33. The van der Waals surface area contributed by atoms with Gasteiger partial charge in [-0.05, 0) is 6.42 Å². The molecule has 0 radical (unpaired) electrons.